The Morgan fingerprint density at radius 1 is 1.21 bits per heavy atom. The number of nitrogens with one attached hydrogen (secondary N) is 1. The molecule has 2 rings (SSSR count). The van der Waals surface area contributed by atoms with E-state index in [0.717, 1.165) is 0 Å². The molecule has 0 saturated carbocycles. The van der Waals surface area contributed by atoms with Gasteiger partial charge in [0.1, 0.15) is 5.82 Å². The zero-order valence-electron chi connectivity index (χ0n) is 13.6. The fourth-order valence-corrected chi connectivity index (χ4v) is 2.64. The molecular formula is C16H18FN3O3S. The fraction of sp³-hybridized carbons (Fsp3) is 0.312. The van der Waals surface area contributed by atoms with Crippen molar-refractivity contribution in [2.24, 2.45) is 0 Å². The van der Waals surface area contributed by atoms with E-state index in [1.165, 1.54) is 31.2 Å². The van der Waals surface area contributed by atoms with Gasteiger partial charge < -0.3 is 0 Å². The Hall–Kier alpha value is -2.35. The molecule has 0 bridgehead atoms. The number of sulfonamides is 1. The van der Waals surface area contributed by atoms with Crippen molar-refractivity contribution in [2.75, 3.05) is 10.5 Å². The minimum absolute atomic E-state index is 0.106. The summed E-state index contributed by atoms with van der Waals surface area (Å²) in [6.07, 6.45) is 0.631. The van der Waals surface area contributed by atoms with Crippen LogP contribution in [0.4, 0.5) is 10.3 Å². The molecule has 0 atom stereocenters. The maximum Gasteiger partial charge on any atom is 0.237 e. The van der Waals surface area contributed by atoms with E-state index >= 15 is 0 Å². The molecule has 1 N–H and O–H groups in total. The number of carbonyl (C=O) groups excluding carboxylic acids is 1. The van der Waals surface area contributed by atoms with Crippen LogP contribution in [-0.4, -0.2) is 30.4 Å². The molecule has 0 saturated heterocycles. The zero-order chi connectivity index (χ0) is 17.9. The van der Waals surface area contributed by atoms with Crippen molar-refractivity contribution in [1.29, 1.82) is 0 Å². The summed E-state index contributed by atoms with van der Waals surface area (Å²) < 4.78 is 39.0. The smallest absolute Gasteiger partial charge is 0.237 e. The maximum atomic E-state index is 13.1. The summed E-state index contributed by atoms with van der Waals surface area (Å²) in [4.78, 5) is 19.9. The summed E-state index contributed by atoms with van der Waals surface area (Å²) in [5.41, 5.74) is 1.45. The number of aromatic nitrogens is 2. The monoisotopic (exact) mass is 351 g/mol. The number of halogens is 1. The third-order valence-electron chi connectivity index (χ3n) is 3.38. The van der Waals surface area contributed by atoms with Crippen molar-refractivity contribution in [3.8, 4) is 11.3 Å². The molecule has 0 aliphatic rings. The number of hydrogen-bond donors (Lipinski definition) is 1. The molecule has 128 valence electrons. The lowest BCUT2D eigenvalue weighted by atomic mass is 9.99. The lowest BCUT2D eigenvalue weighted by molar-refractivity contribution is 0.112. The molecular weight excluding hydrogens is 333 g/mol. The Morgan fingerprint density at radius 3 is 2.33 bits per heavy atom. The third-order valence-corrected chi connectivity index (χ3v) is 4.64. The molecule has 0 radical (unpaired) electrons. The minimum atomic E-state index is -3.56. The number of anilines is 1. The van der Waals surface area contributed by atoms with Crippen LogP contribution in [0.2, 0.25) is 0 Å². The van der Waals surface area contributed by atoms with Crippen molar-refractivity contribution >= 4 is 22.3 Å². The molecule has 0 amide bonds. The molecule has 1 heterocycles. The van der Waals surface area contributed by atoms with Crippen LogP contribution in [0.5, 0.6) is 0 Å². The number of nitrogens with zero attached hydrogens (tertiary/aromatic N) is 2. The van der Waals surface area contributed by atoms with Crippen molar-refractivity contribution in [2.45, 2.75) is 26.7 Å². The lowest BCUT2D eigenvalue weighted by Gasteiger charge is -2.15. The van der Waals surface area contributed by atoms with Gasteiger partial charge in [0.2, 0.25) is 16.0 Å². The van der Waals surface area contributed by atoms with E-state index in [9.17, 15) is 17.6 Å². The Labute approximate surface area is 140 Å². The third kappa shape index (κ3) is 3.94. The van der Waals surface area contributed by atoms with E-state index in [4.69, 9.17) is 0 Å². The molecule has 0 spiro atoms. The van der Waals surface area contributed by atoms with Gasteiger partial charge in [0.25, 0.3) is 0 Å². The molecule has 0 aliphatic carbocycles. The van der Waals surface area contributed by atoms with E-state index in [0.29, 0.717) is 17.5 Å². The predicted molar refractivity (Wildman–Crippen MR) is 90.0 cm³/mol. The lowest BCUT2D eigenvalue weighted by Crippen LogP contribution is -2.18. The first-order valence-corrected chi connectivity index (χ1v) is 9.06. The van der Waals surface area contributed by atoms with Gasteiger partial charge in [0.15, 0.2) is 6.29 Å². The van der Waals surface area contributed by atoms with Gasteiger partial charge in [0, 0.05) is 5.56 Å². The Morgan fingerprint density at radius 2 is 1.83 bits per heavy atom. The Balaban J connectivity index is 2.68. The normalized spacial score (nSPS) is 11.5. The van der Waals surface area contributed by atoms with Crippen LogP contribution in [0.3, 0.4) is 0 Å². The summed E-state index contributed by atoms with van der Waals surface area (Å²) >= 11 is 0. The van der Waals surface area contributed by atoms with Gasteiger partial charge >= 0.3 is 0 Å². The largest absolute Gasteiger partial charge is 0.298 e. The van der Waals surface area contributed by atoms with Crippen LogP contribution in [0.1, 0.15) is 42.7 Å². The first-order valence-electron chi connectivity index (χ1n) is 7.41. The average Bonchev–Trinajstić information content (AvgIpc) is 2.54. The minimum Gasteiger partial charge on any atom is -0.298 e. The molecule has 1 aromatic carbocycles. The van der Waals surface area contributed by atoms with Gasteiger partial charge in [0.05, 0.1) is 22.7 Å². The van der Waals surface area contributed by atoms with Crippen LogP contribution in [0, 0.1) is 5.82 Å². The number of benzene rings is 1. The Bertz CT molecular complexity index is 850. The fourth-order valence-electron chi connectivity index (χ4n) is 2.13. The topological polar surface area (TPSA) is 89.0 Å². The predicted octanol–water partition coefficient (Wildman–Crippen LogP) is 2.98. The highest BCUT2D eigenvalue weighted by molar-refractivity contribution is 7.92. The molecule has 1 aromatic heterocycles. The number of carbonyl (C=O) groups is 1. The van der Waals surface area contributed by atoms with Crippen LogP contribution < -0.4 is 4.72 Å². The van der Waals surface area contributed by atoms with E-state index in [2.05, 4.69) is 14.7 Å². The van der Waals surface area contributed by atoms with Crippen LogP contribution in [0.25, 0.3) is 11.3 Å². The highest BCUT2D eigenvalue weighted by Gasteiger charge is 2.19. The van der Waals surface area contributed by atoms with Gasteiger partial charge in [-0.1, -0.05) is 13.8 Å². The second-order valence-corrected chi connectivity index (χ2v) is 7.49. The quantitative estimate of drug-likeness (QED) is 0.808. The summed E-state index contributed by atoms with van der Waals surface area (Å²) in [7, 11) is -3.56. The summed E-state index contributed by atoms with van der Waals surface area (Å²) in [5, 5.41) is 0. The van der Waals surface area contributed by atoms with Gasteiger partial charge in [-0.3, -0.25) is 9.52 Å². The molecule has 24 heavy (non-hydrogen) atoms. The van der Waals surface area contributed by atoms with Gasteiger partial charge in [-0.15, -0.1) is 0 Å². The summed E-state index contributed by atoms with van der Waals surface area (Å²) in [6, 6.07) is 5.45. The SMILES string of the molecule is CCS(=O)(=O)Nc1nc(-c2ccc(F)cc2)c(C=O)c(C(C)C)n1. The van der Waals surface area contributed by atoms with Crippen LogP contribution >= 0.6 is 0 Å². The zero-order valence-corrected chi connectivity index (χ0v) is 14.4. The first kappa shape index (κ1) is 18.0. The summed E-state index contributed by atoms with van der Waals surface area (Å²) in [5.74, 6) is -0.784. The number of rotatable bonds is 6. The van der Waals surface area contributed by atoms with Gasteiger partial charge in [-0.05, 0) is 37.1 Å². The van der Waals surface area contributed by atoms with Crippen molar-refractivity contribution < 1.29 is 17.6 Å². The average molecular weight is 351 g/mol. The van der Waals surface area contributed by atoms with Crippen LogP contribution in [-0.2, 0) is 10.0 Å². The molecule has 0 aliphatic heterocycles. The molecule has 8 heteroatoms. The van der Waals surface area contributed by atoms with E-state index in [1.54, 1.807) is 0 Å². The van der Waals surface area contributed by atoms with Crippen LogP contribution in [0.15, 0.2) is 24.3 Å². The van der Waals surface area contributed by atoms with E-state index in [1.807, 2.05) is 13.8 Å². The number of hydrogen-bond acceptors (Lipinski definition) is 5. The molecule has 0 fully saturated rings. The summed E-state index contributed by atoms with van der Waals surface area (Å²) in [6.45, 7) is 5.16. The van der Waals surface area contributed by atoms with Gasteiger partial charge in [-0.25, -0.2) is 22.8 Å². The van der Waals surface area contributed by atoms with Crippen molar-refractivity contribution in [3.63, 3.8) is 0 Å². The standard InChI is InChI=1S/C16H18FN3O3S/c1-4-24(22,23)20-16-18-14(10(2)3)13(9-21)15(19-16)11-5-7-12(17)8-6-11/h5-10H,4H2,1-3H3,(H,18,19,20). The van der Waals surface area contributed by atoms with Gasteiger partial charge in [-0.2, -0.15) is 0 Å². The highest BCUT2D eigenvalue weighted by atomic mass is 32.2. The number of aldehydes is 1. The van der Waals surface area contributed by atoms with Crippen molar-refractivity contribution in [1.82, 2.24) is 9.97 Å². The molecule has 6 nitrogen and oxygen atoms in total. The van der Waals surface area contributed by atoms with E-state index in [-0.39, 0.29) is 28.9 Å². The maximum absolute atomic E-state index is 13.1. The second-order valence-electron chi connectivity index (χ2n) is 5.48. The second kappa shape index (κ2) is 7.04. The Kier molecular flexibility index (Phi) is 5.28. The molecule has 2 aromatic rings. The first-order chi connectivity index (χ1) is 11.3. The highest BCUT2D eigenvalue weighted by Crippen LogP contribution is 2.28. The molecule has 0 unspecified atom stereocenters. The van der Waals surface area contributed by atoms with Crippen molar-refractivity contribution in [3.05, 3.63) is 41.3 Å². The van der Waals surface area contributed by atoms with E-state index < -0.39 is 15.8 Å².